The van der Waals surface area contributed by atoms with Crippen molar-refractivity contribution in [3.63, 3.8) is 0 Å². The van der Waals surface area contributed by atoms with Gasteiger partial charge in [0.1, 0.15) is 24.4 Å². The highest BCUT2D eigenvalue weighted by molar-refractivity contribution is 5.91. The molecule has 1 aliphatic rings. The lowest BCUT2D eigenvalue weighted by Crippen LogP contribution is -2.64. The van der Waals surface area contributed by atoms with Crippen LogP contribution in [0, 0.1) is 0 Å². The molecule has 3 N–H and O–H groups in total. The van der Waals surface area contributed by atoms with Crippen molar-refractivity contribution < 1.29 is 29.3 Å². The van der Waals surface area contributed by atoms with Gasteiger partial charge in [0.15, 0.2) is 0 Å². The van der Waals surface area contributed by atoms with E-state index >= 15 is 0 Å². The molecule has 2 aromatic carbocycles. The van der Waals surface area contributed by atoms with E-state index in [1.807, 2.05) is 30.3 Å². The Bertz CT molecular complexity index is 853. The van der Waals surface area contributed by atoms with Crippen LogP contribution in [0.3, 0.4) is 0 Å². The first-order valence-corrected chi connectivity index (χ1v) is 8.72. The number of carboxylic acids is 1. The minimum Gasteiger partial charge on any atom is -0.489 e. The van der Waals surface area contributed by atoms with Crippen LogP contribution in [0.2, 0.25) is 0 Å². The van der Waals surface area contributed by atoms with Crippen molar-refractivity contribution >= 4 is 18.0 Å². The van der Waals surface area contributed by atoms with Gasteiger partial charge in [-0.3, -0.25) is 9.69 Å². The summed E-state index contributed by atoms with van der Waals surface area (Å²) in [5.41, 5.74) is 1.78. The van der Waals surface area contributed by atoms with Crippen molar-refractivity contribution in [1.82, 2.24) is 10.2 Å². The predicted octanol–water partition coefficient (Wildman–Crippen LogP) is 1.74. The topological polar surface area (TPSA) is 116 Å². The monoisotopic (exact) mass is 384 g/mol. The zero-order chi connectivity index (χ0) is 20.1. The molecule has 3 rings (SSSR count). The van der Waals surface area contributed by atoms with Gasteiger partial charge < -0.3 is 20.3 Å². The molecule has 8 heteroatoms. The van der Waals surface area contributed by atoms with Gasteiger partial charge in [-0.25, -0.2) is 9.59 Å². The molecule has 1 fully saturated rings. The van der Waals surface area contributed by atoms with E-state index in [2.05, 4.69) is 5.32 Å². The number of benzene rings is 2. The Morgan fingerprint density at radius 2 is 1.71 bits per heavy atom. The van der Waals surface area contributed by atoms with Crippen LogP contribution in [-0.4, -0.2) is 51.7 Å². The molecule has 2 aromatic rings. The Labute approximate surface area is 161 Å². The number of nitrogens with one attached hydrogen (secondary N) is 1. The Balaban J connectivity index is 1.64. The summed E-state index contributed by atoms with van der Waals surface area (Å²) in [6.45, 7) is 0.133. The van der Waals surface area contributed by atoms with E-state index < -0.39 is 30.1 Å². The summed E-state index contributed by atoms with van der Waals surface area (Å²) in [4.78, 5) is 35.7. The van der Waals surface area contributed by atoms with E-state index in [-0.39, 0.29) is 13.0 Å². The number of hydrogen-bond acceptors (Lipinski definition) is 4. The second-order valence-electron chi connectivity index (χ2n) is 6.47. The lowest BCUT2D eigenvalue weighted by Gasteiger charge is -2.36. The van der Waals surface area contributed by atoms with E-state index in [0.29, 0.717) is 12.4 Å². The smallest absolute Gasteiger partial charge is 0.408 e. The van der Waals surface area contributed by atoms with Crippen LogP contribution >= 0.6 is 0 Å². The Morgan fingerprint density at radius 3 is 2.32 bits per heavy atom. The SMILES string of the molecule is O=C(O)[C@@H]1CN(C(=O)O)[C@@H](Cc2ccc(OCc3ccccc3)cc2)C(=O)N1. The molecule has 2 amide bonds. The van der Waals surface area contributed by atoms with Gasteiger partial charge in [0, 0.05) is 6.42 Å². The molecule has 146 valence electrons. The first-order chi connectivity index (χ1) is 13.4. The van der Waals surface area contributed by atoms with Crippen LogP contribution in [0.4, 0.5) is 4.79 Å². The molecule has 0 saturated carbocycles. The Hall–Kier alpha value is -3.55. The molecular weight excluding hydrogens is 364 g/mol. The van der Waals surface area contributed by atoms with E-state index in [0.717, 1.165) is 16.0 Å². The third-order valence-electron chi connectivity index (χ3n) is 4.52. The summed E-state index contributed by atoms with van der Waals surface area (Å²) in [5.74, 6) is -1.23. The summed E-state index contributed by atoms with van der Waals surface area (Å²) in [5, 5.41) is 20.8. The summed E-state index contributed by atoms with van der Waals surface area (Å²) < 4.78 is 5.71. The molecule has 1 aliphatic heterocycles. The number of carboxylic acid groups (broad SMARTS) is 2. The molecule has 28 heavy (non-hydrogen) atoms. The molecule has 8 nitrogen and oxygen atoms in total. The van der Waals surface area contributed by atoms with Crippen LogP contribution in [0.15, 0.2) is 54.6 Å². The van der Waals surface area contributed by atoms with Gasteiger partial charge in [0.2, 0.25) is 5.91 Å². The molecule has 1 heterocycles. The normalized spacial score (nSPS) is 19.0. The number of ether oxygens (including phenoxy) is 1. The van der Waals surface area contributed by atoms with Crippen LogP contribution in [0.1, 0.15) is 11.1 Å². The van der Waals surface area contributed by atoms with Gasteiger partial charge in [-0.15, -0.1) is 0 Å². The largest absolute Gasteiger partial charge is 0.489 e. The lowest BCUT2D eigenvalue weighted by molar-refractivity contribution is -0.146. The van der Waals surface area contributed by atoms with Crippen molar-refractivity contribution in [1.29, 1.82) is 0 Å². The maximum absolute atomic E-state index is 12.3. The summed E-state index contributed by atoms with van der Waals surface area (Å²) in [6.07, 6.45) is -1.18. The molecular formula is C20H20N2O6. The Kier molecular flexibility index (Phi) is 5.78. The Morgan fingerprint density at radius 1 is 1.04 bits per heavy atom. The van der Waals surface area contributed by atoms with Crippen molar-refractivity contribution in [2.45, 2.75) is 25.1 Å². The average molecular weight is 384 g/mol. The number of carbonyl (C=O) groups excluding carboxylic acids is 1. The highest BCUT2D eigenvalue weighted by atomic mass is 16.5. The second kappa shape index (κ2) is 8.43. The fraction of sp³-hybridized carbons (Fsp3) is 0.250. The van der Waals surface area contributed by atoms with E-state index in [9.17, 15) is 19.5 Å². The molecule has 0 unspecified atom stereocenters. The molecule has 0 bridgehead atoms. The summed E-state index contributed by atoms with van der Waals surface area (Å²) in [6, 6.07) is 14.5. The first kappa shape index (κ1) is 19.2. The zero-order valence-electron chi connectivity index (χ0n) is 14.9. The molecule has 2 atom stereocenters. The van der Waals surface area contributed by atoms with Gasteiger partial charge in [0.05, 0.1) is 6.54 Å². The van der Waals surface area contributed by atoms with Crippen LogP contribution in [-0.2, 0) is 22.6 Å². The third-order valence-corrected chi connectivity index (χ3v) is 4.52. The van der Waals surface area contributed by atoms with E-state index in [1.165, 1.54) is 0 Å². The minimum absolute atomic E-state index is 0.142. The molecule has 1 saturated heterocycles. The summed E-state index contributed by atoms with van der Waals surface area (Å²) in [7, 11) is 0. The number of amides is 2. The highest BCUT2D eigenvalue weighted by Gasteiger charge is 2.39. The maximum atomic E-state index is 12.3. The predicted molar refractivity (Wildman–Crippen MR) is 99.0 cm³/mol. The summed E-state index contributed by atoms with van der Waals surface area (Å²) >= 11 is 0. The standard InChI is InChI=1S/C20H20N2O6/c23-18-17(22(20(26)27)11-16(21-18)19(24)25)10-13-6-8-15(9-7-13)28-12-14-4-2-1-3-5-14/h1-9,16-17H,10-12H2,(H,21,23)(H,24,25)(H,26,27)/t16-,17-/m0/s1. The van der Waals surface area contributed by atoms with Crippen molar-refractivity contribution in [3.05, 3.63) is 65.7 Å². The second-order valence-corrected chi connectivity index (χ2v) is 6.47. The maximum Gasteiger partial charge on any atom is 0.408 e. The number of piperazine rings is 1. The van der Waals surface area contributed by atoms with E-state index in [4.69, 9.17) is 9.84 Å². The number of hydrogen-bond donors (Lipinski definition) is 3. The van der Waals surface area contributed by atoms with E-state index in [1.54, 1.807) is 24.3 Å². The van der Waals surface area contributed by atoms with Gasteiger partial charge in [-0.1, -0.05) is 42.5 Å². The number of aliphatic carboxylic acids is 1. The fourth-order valence-corrected chi connectivity index (χ4v) is 3.02. The minimum atomic E-state index is -1.33. The van der Waals surface area contributed by atoms with Crippen molar-refractivity contribution in [2.75, 3.05) is 6.54 Å². The molecule has 0 spiro atoms. The van der Waals surface area contributed by atoms with Gasteiger partial charge in [0.25, 0.3) is 0 Å². The first-order valence-electron chi connectivity index (χ1n) is 8.72. The molecule has 0 radical (unpaired) electrons. The number of carbonyl (C=O) groups is 3. The number of rotatable bonds is 6. The van der Waals surface area contributed by atoms with Crippen molar-refractivity contribution in [2.24, 2.45) is 0 Å². The van der Waals surface area contributed by atoms with Crippen molar-refractivity contribution in [3.8, 4) is 5.75 Å². The molecule has 0 aromatic heterocycles. The average Bonchev–Trinajstić information content (AvgIpc) is 2.69. The van der Waals surface area contributed by atoms with Crippen LogP contribution < -0.4 is 10.1 Å². The quantitative estimate of drug-likeness (QED) is 0.699. The van der Waals surface area contributed by atoms with Crippen LogP contribution in [0.25, 0.3) is 0 Å². The van der Waals surface area contributed by atoms with Gasteiger partial charge in [-0.05, 0) is 23.3 Å². The van der Waals surface area contributed by atoms with Crippen LogP contribution in [0.5, 0.6) is 5.75 Å². The molecule has 0 aliphatic carbocycles. The third kappa shape index (κ3) is 4.59. The lowest BCUT2D eigenvalue weighted by atomic mass is 10.0. The van der Waals surface area contributed by atoms with Gasteiger partial charge in [-0.2, -0.15) is 0 Å². The zero-order valence-corrected chi connectivity index (χ0v) is 14.9. The highest BCUT2D eigenvalue weighted by Crippen LogP contribution is 2.19. The number of nitrogens with zero attached hydrogens (tertiary/aromatic N) is 1. The van der Waals surface area contributed by atoms with Gasteiger partial charge >= 0.3 is 12.1 Å². The fourth-order valence-electron chi connectivity index (χ4n) is 3.02.